The molecule has 1 aromatic heterocycles. The topological polar surface area (TPSA) is 48.1 Å². The SMILES string of the molecule is CC(C)(Oc1ccc2ncccc2c1)C(N)=S. The first-order chi connectivity index (χ1) is 7.99. The average Bonchev–Trinajstić information content (AvgIpc) is 2.28. The highest BCUT2D eigenvalue weighted by Crippen LogP contribution is 2.23. The number of thiocarbonyl (C=S) groups is 1. The number of fused-ring (bicyclic) bond motifs is 1. The molecule has 17 heavy (non-hydrogen) atoms. The van der Waals surface area contributed by atoms with Gasteiger partial charge in [0.1, 0.15) is 10.7 Å². The first-order valence-corrected chi connectivity index (χ1v) is 5.73. The van der Waals surface area contributed by atoms with Crippen LogP contribution >= 0.6 is 12.2 Å². The van der Waals surface area contributed by atoms with Crippen LogP contribution in [0.25, 0.3) is 10.9 Å². The molecule has 2 rings (SSSR count). The lowest BCUT2D eigenvalue weighted by molar-refractivity contribution is 0.184. The predicted octanol–water partition coefficient (Wildman–Crippen LogP) is 2.68. The summed E-state index contributed by atoms with van der Waals surface area (Å²) in [4.78, 5) is 4.58. The molecule has 1 aromatic carbocycles. The van der Waals surface area contributed by atoms with Crippen molar-refractivity contribution in [3.05, 3.63) is 36.5 Å². The molecular weight excluding hydrogens is 232 g/mol. The summed E-state index contributed by atoms with van der Waals surface area (Å²) >= 11 is 4.97. The highest BCUT2D eigenvalue weighted by Gasteiger charge is 2.23. The van der Waals surface area contributed by atoms with Gasteiger partial charge in [-0.25, -0.2) is 0 Å². The highest BCUT2D eigenvalue weighted by molar-refractivity contribution is 7.80. The van der Waals surface area contributed by atoms with Gasteiger partial charge in [-0.3, -0.25) is 4.98 Å². The Bertz CT molecular complexity index is 566. The molecule has 0 aliphatic carbocycles. The van der Waals surface area contributed by atoms with Crippen molar-refractivity contribution in [1.29, 1.82) is 0 Å². The van der Waals surface area contributed by atoms with Gasteiger partial charge in [-0.1, -0.05) is 18.3 Å². The zero-order chi connectivity index (χ0) is 12.5. The van der Waals surface area contributed by atoms with Crippen molar-refractivity contribution >= 4 is 28.1 Å². The van der Waals surface area contributed by atoms with Gasteiger partial charge in [-0.2, -0.15) is 0 Å². The van der Waals surface area contributed by atoms with Gasteiger partial charge in [0, 0.05) is 11.6 Å². The van der Waals surface area contributed by atoms with E-state index in [-0.39, 0.29) is 0 Å². The van der Waals surface area contributed by atoms with Crippen LogP contribution < -0.4 is 10.5 Å². The number of benzene rings is 1. The van der Waals surface area contributed by atoms with Gasteiger partial charge in [0.05, 0.1) is 5.52 Å². The Balaban J connectivity index is 2.34. The molecule has 3 nitrogen and oxygen atoms in total. The molecule has 0 atom stereocenters. The summed E-state index contributed by atoms with van der Waals surface area (Å²) in [7, 11) is 0. The third kappa shape index (κ3) is 2.53. The van der Waals surface area contributed by atoms with Gasteiger partial charge in [0.25, 0.3) is 0 Å². The molecule has 2 N–H and O–H groups in total. The number of nitrogens with zero attached hydrogens (tertiary/aromatic N) is 1. The lowest BCUT2D eigenvalue weighted by Gasteiger charge is -2.25. The summed E-state index contributed by atoms with van der Waals surface area (Å²) in [5, 5.41) is 1.03. The number of rotatable bonds is 3. The molecule has 1 heterocycles. The number of aromatic nitrogens is 1. The first-order valence-electron chi connectivity index (χ1n) is 5.33. The molecule has 0 aliphatic rings. The van der Waals surface area contributed by atoms with Crippen LogP contribution in [-0.4, -0.2) is 15.6 Å². The van der Waals surface area contributed by atoms with E-state index in [1.54, 1.807) is 6.20 Å². The fourth-order valence-electron chi connectivity index (χ4n) is 1.46. The van der Waals surface area contributed by atoms with Crippen molar-refractivity contribution in [3.8, 4) is 5.75 Å². The monoisotopic (exact) mass is 246 g/mol. The zero-order valence-electron chi connectivity index (χ0n) is 9.81. The molecule has 0 bridgehead atoms. The minimum atomic E-state index is -0.648. The second-order valence-electron chi connectivity index (χ2n) is 4.33. The maximum atomic E-state index is 5.78. The fourth-order valence-corrected chi connectivity index (χ4v) is 1.50. The molecule has 88 valence electrons. The maximum Gasteiger partial charge on any atom is 0.153 e. The van der Waals surface area contributed by atoms with Crippen LogP contribution in [0.4, 0.5) is 0 Å². The van der Waals surface area contributed by atoms with Crippen LogP contribution in [0.1, 0.15) is 13.8 Å². The zero-order valence-corrected chi connectivity index (χ0v) is 10.6. The minimum absolute atomic E-state index is 0.337. The van der Waals surface area contributed by atoms with E-state index in [1.807, 2.05) is 44.2 Å². The van der Waals surface area contributed by atoms with Crippen LogP contribution in [0.2, 0.25) is 0 Å². The van der Waals surface area contributed by atoms with Gasteiger partial charge >= 0.3 is 0 Å². The van der Waals surface area contributed by atoms with Gasteiger partial charge in [-0.15, -0.1) is 0 Å². The van der Waals surface area contributed by atoms with E-state index in [1.165, 1.54) is 0 Å². The van der Waals surface area contributed by atoms with E-state index in [4.69, 9.17) is 22.7 Å². The maximum absolute atomic E-state index is 5.78. The normalized spacial score (nSPS) is 11.4. The number of hydrogen-bond donors (Lipinski definition) is 1. The van der Waals surface area contributed by atoms with Crippen molar-refractivity contribution in [3.63, 3.8) is 0 Å². The Kier molecular flexibility index (Phi) is 2.98. The molecule has 0 saturated heterocycles. The molecule has 0 saturated carbocycles. The average molecular weight is 246 g/mol. The van der Waals surface area contributed by atoms with Crippen LogP contribution in [-0.2, 0) is 0 Å². The molecular formula is C13H14N2OS. The van der Waals surface area contributed by atoms with Gasteiger partial charge < -0.3 is 10.5 Å². The van der Waals surface area contributed by atoms with Crippen LogP contribution in [0, 0.1) is 0 Å². The van der Waals surface area contributed by atoms with Crippen LogP contribution in [0.3, 0.4) is 0 Å². The third-order valence-corrected chi connectivity index (χ3v) is 3.03. The summed E-state index contributed by atoms with van der Waals surface area (Å²) in [6, 6.07) is 9.60. The second kappa shape index (κ2) is 4.30. The van der Waals surface area contributed by atoms with E-state index in [9.17, 15) is 0 Å². The molecule has 0 amide bonds. The van der Waals surface area contributed by atoms with Gasteiger partial charge in [-0.05, 0) is 38.1 Å². The Morgan fingerprint density at radius 2 is 2.12 bits per heavy atom. The van der Waals surface area contributed by atoms with E-state index < -0.39 is 5.60 Å². The summed E-state index contributed by atoms with van der Waals surface area (Å²) in [5.74, 6) is 0.739. The van der Waals surface area contributed by atoms with Crippen molar-refractivity contribution in [2.24, 2.45) is 5.73 Å². The molecule has 0 spiro atoms. The lowest BCUT2D eigenvalue weighted by atomic mass is 10.1. The largest absolute Gasteiger partial charge is 0.481 e. The smallest absolute Gasteiger partial charge is 0.153 e. The lowest BCUT2D eigenvalue weighted by Crippen LogP contribution is -2.41. The van der Waals surface area contributed by atoms with Gasteiger partial charge in [0.15, 0.2) is 5.60 Å². The highest BCUT2D eigenvalue weighted by atomic mass is 32.1. The van der Waals surface area contributed by atoms with Crippen molar-refractivity contribution in [2.45, 2.75) is 19.4 Å². The van der Waals surface area contributed by atoms with E-state index in [0.29, 0.717) is 4.99 Å². The van der Waals surface area contributed by atoms with Crippen LogP contribution in [0.5, 0.6) is 5.75 Å². The van der Waals surface area contributed by atoms with E-state index >= 15 is 0 Å². The van der Waals surface area contributed by atoms with Crippen LogP contribution in [0.15, 0.2) is 36.5 Å². The van der Waals surface area contributed by atoms with E-state index in [2.05, 4.69) is 4.98 Å². The number of nitrogens with two attached hydrogens (primary N) is 1. The summed E-state index contributed by atoms with van der Waals surface area (Å²) in [6.07, 6.45) is 1.77. The first kappa shape index (κ1) is 11.8. The second-order valence-corrected chi connectivity index (χ2v) is 4.77. The Morgan fingerprint density at radius 1 is 1.35 bits per heavy atom. The Labute approximate surface area is 106 Å². The quantitative estimate of drug-likeness (QED) is 0.846. The molecule has 0 unspecified atom stereocenters. The molecule has 0 aliphatic heterocycles. The van der Waals surface area contributed by atoms with Crippen molar-refractivity contribution < 1.29 is 4.74 Å². The summed E-state index contributed by atoms with van der Waals surface area (Å²) < 4.78 is 5.78. The standard InChI is InChI=1S/C13H14N2OS/c1-13(2,12(14)17)16-10-5-6-11-9(8-10)4-3-7-15-11/h3-8H,1-2H3,(H2,14,17). The number of hydrogen-bond acceptors (Lipinski definition) is 3. The number of ether oxygens (including phenoxy) is 1. The van der Waals surface area contributed by atoms with Crippen molar-refractivity contribution in [2.75, 3.05) is 0 Å². The minimum Gasteiger partial charge on any atom is -0.481 e. The summed E-state index contributed by atoms with van der Waals surface area (Å²) in [6.45, 7) is 3.70. The Hall–Kier alpha value is -1.68. The third-order valence-electron chi connectivity index (χ3n) is 2.54. The Morgan fingerprint density at radius 3 is 2.82 bits per heavy atom. The van der Waals surface area contributed by atoms with E-state index in [0.717, 1.165) is 16.7 Å². The van der Waals surface area contributed by atoms with Crippen molar-refractivity contribution in [1.82, 2.24) is 4.98 Å². The number of pyridine rings is 1. The molecule has 2 aromatic rings. The molecule has 0 radical (unpaired) electrons. The molecule has 0 fully saturated rings. The molecule has 4 heteroatoms. The van der Waals surface area contributed by atoms with Gasteiger partial charge in [0.2, 0.25) is 0 Å². The fraction of sp³-hybridized carbons (Fsp3) is 0.231. The summed E-state index contributed by atoms with van der Waals surface area (Å²) in [5.41, 5.74) is 5.92. The predicted molar refractivity (Wildman–Crippen MR) is 73.2 cm³/mol.